The smallest absolute Gasteiger partial charge is 0.386 e. The maximum atomic E-state index is 13.3. The first kappa shape index (κ1) is 32.7. The zero-order valence-corrected chi connectivity index (χ0v) is 28.0. The van der Waals surface area contributed by atoms with Gasteiger partial charge in [0.2, 0.25) is 5.78 Å². The molecular formula is C24H30N10O9P2S2. The van der Waals surface area contributed by atoms with E-state index in [4.69, 9.17) is 24.0 Å². The average Bonchev–Trinajstić information content (AvgIpc) is 3.79. The molecule has 0 bridgehead atoms. The van der Waals surface area contributed by atoms with Crippen LogP contribution < -0.4 is 11.3 Å². The second kappa shape index (κ2) is 12.2. The molecule has 2 aliphatic rings. The highest BCUT2D eigenvalue weighted by atomic mass is 32.7. The van der Waals surface area contributed by atoms with Gasteiger partial charge in [-0.3, -0.25) is 13.9 Å². The monoisotopic (exact) mass is 728 g/mol. The van der Waals surface area contributed by atoms with Crippen molar-refractivity contribution in [2.24, 2.45) is 17.8 Å². The lowest BCUT2D eigenvalue weighted by atomic mass is 9.70. The number of aromatic amines is 1. The molecule has 2 unspecified atom stereocenters. The quantitative estimate of drug-likeness (QED) is 0.0841. The number of fused-ring (bicyclic) bond motifs is 3. The fourth-order valence-electron chi connectivity index (χ4n) is 6.19. The number of nitrogens with zero attached hydrogens (tertiary/aromatic N) is 8. The van der Waals surface area contributed by atoms with Crippen LogP contribution in [0.15, 0.2) is 36.2 Å². The second-order valence-electron chi connectivity index (χ2n) is 11.5. The van der Waals surface area contributed by atoms with Crippen molar-refractivity contribution < 1.29 is 37.4 Å². The lowest BCUT2D eigenvalue weighted by Gasteiger charge is -2.45. The molecule has 9 atom stereocenters. The van der Waals surface area contributed by atoms with Gasteiger partial charge in [-0.2, -0.15) is 0 Å². The van der Waals surface area contributed by atoms with Crippen LogP contribution in [0.3, 0.4) is 0 Å². The Bertz CT molecular complexity index is 2120. The van der Waals surface area contributed by atoms with E-state index in [0.717, 1.165) is 0 Å². The number of aromatic nitrogens is 9. The SMILES string of the molecule is C[C@@H]1[C@H](O)[C@@H](COP(=O)(S)OC[C@@H]2[C@@H](COP(=O)(O)S)C[C@H]2n2cnc3c(N)ncnc32)O[C@H]1n1cnc2c(=O)n3ccnc3[nH]c21. The number of hydrogen-bond donors (Lipinski definition) is 6. The lowest BCUT2D eigenvalue weighted by molar-refractivity contribution is -0.0432. The van der Waals surface area contributed by atoms with Crippen LogP contribution in [0.4, 0.5) is 5.82 Å². The predicted molar refractivity (Wildman–Crippen MR) is 172 cm³/mol. The van der Waals surface area contributed by atoms with Crippen molar-refractivity contribution in [3.05, 3.63) is 41.7 Å². The van der Waals surface area contributed by atoms with Gasteiger partial charge in [0, 0.05) is 30.3 Å². The van der Waals surface area contributed by atoms with Gasteiger partial charge in [0.05, 0.1) is 38.6 Å². The van der Waals surface area contributed by atoms with Crippen LogP contribution in [0.1, 0.15) is 25.6 Å². The van der Waals surface area contributed by atoms with Crippen molar-refractivity contribution in [3.8, 4) is 0 Å². The standard InChI is InChI=1S/C24H30N10O9P2S2/c1-11-18(35)15(43-23(11)34-10-30-17-21(34)31-24-26-2-3-32(24)22(17)36)7-42-45(39,47)41-6-13-12(5-40-44(37,38)46)4-14(13)33-9-29-16-19(25)27-8-28-20(16)33/h2-3,8-15,18,23,35H,4-7H2,1H3,(H,26,31)(H,39,47)(H2,25,27,28)(H2,37,38,46)/t11-,12-,13-,14-,15-,18+,23-,45?/m1/s1. The first-order valence-electron chi connectivity index (χ1n) is 14.3. The Morgan fingerprint density at radius 2 is 1.81 bits per heavy atom. The summed E-state index contributed by atoms with van der Waals surface area (Å²) in [7, 11) is 0. The number of thiol groups is 2. The van der Waals surface area contributed by atoms with E-state index < -0.39 is 37.9 Å². The van der Waals surface area contributed by atoms with Crippen molar-refractivity contribution in [3.63, 3.8) is 0 Å². The van der Waals surface area contributed by atoms with Crippen LogP contribution in [-0.2, 0) is 27.4 Å². The molecule has 23 heteroatoms. The molecule has 0 amide bonds. The van der Waals surface area contributed by atoms with Crippen molar-refractivity contribution in [1.29, 1.82) is 0 Å². The van der Waals surface area contributed by atoms with Gasteiger partial charge in [-0.05, 0) is 12.3 Å². The van der Waals surface area contributed by atoms with E-state index in [-0.39, 0.29) is 54.6 Å². The third-order valence-corrected chi connectivity index (χ3v) is 11.2. The number of nitrogens with one attached hydrogen (secondary N) is 1. The van der Waals surface area contributed by atoms with Crippen molar-refractivity contribution in [2.75, 3.05) is 25.6 Å². The molecule has 19 nitrogen and oxygen atoms in total. The second-order valence-corrected chi connectivity index (χ2v) is 17.2. The Hall–Kier alpha value is -2.84. The molecule has 1 saturated heterocycles. The Kier molecular flexibility index (Phi) is 8.52. The maximum Gasteiger partial charge on any atom is 0.386 e. The molecule has 1 aliphatic heterocycles. The summed E-state index contributed by atoms with van der Waals surface area (Å²) in [5.74, 6) is -0.611. The van der Waals surface area contributed by atoms with Crippen LogP contribution in [0.25, 0.3) is 28.1 Å². The van der Waals surface area contributed by atoms with Crippen LogP contribution >= 0.6 is 38.1 Å². The molecule has 0 radical (unpaired) electrons. The van der Waals surface area contributed by atoms with Crippen LogP contribution in [-0.4, -0.2) is 85.5 Å². The summed E-state index contributed by atoms with van der Waals surface area (Å²) in [5, 5.41) is 11.0. The van der Waals surface area contributed by atoms with E-state index in [2.05, 4.69) is 54.4 Å². The van der Waals surface area contributed by atoms with E-state index in [9.17, 15) is 23.9 Å². The molecule has 0 spiro atoms. The summed E-state index contributed by atoms with van der Waals surface area (Å²) in [4.78, 5) is 46.3. The van der Waals surface area contributed by atoms with E-state index in [1.807, 2.05) is 0 Å². The number of aliphatic hydroxyl groups is 1. The summed E-state index contributed by atoms with van der Waals surface area (Å²) in [5.41, 5.74) is 7.01. The van der Waals surface area contributed by atoms with E-state index in [1.165, 1.54) is 29.4 Å². The van der Waals surface area contributed by atoms with Gasteiger partial charge in [-0.25, -0.2) is 38.5 Å². The van der Waals surface area contributed by atoms with Gasteiger partial charge in [-0.1, -0.05) is 31.4 Å². The molecule has 6 heterocycles. The molecule has 0 aromatic carbocycles. The van der Waals surface area contributed by atoms with Crippen LogP contribution in [0.5, 0.6) is 0 Å². The van der Waals surface area contributed by atoms with Crippen LogP contribution in [0, 0.1) is 17.8 Å². The van der Waals surface area contributed by atoms with Gasteiger partial charge in [-0.15, -0.1) is 0 Å². The highest BCUT2D eigenvalue weighted by molar-refractivity contribution is 8.44. The molecule has 7 rings (SSSR count). The molecule has 252 valence electrons. The predicted octanol–water partition coefficient (Wildman–Crippen LogP) is 1.98. The van der Waals surface area contributed by atoms with E-state index >= 15 is 0 Å². The first-order valence-corrected chi connectivity index (χ1v) is 19.7. The maximum absolute atomic E-state index is 13.3. The van der Waals surface area contributed by atoms with Crippen LogP contribution in [0.2, 0.25) is 0 Å². The number of ether oxygens (including phenoxy) is 1. The van der Waals surface area contributed by atoms with Crippen molar-refractivity contribution in [1.82, 2.24) is 43.4 Å². The normalized spacial score (nSPS) is 28.9. The first-order chi connectivity index (χ1) is 22.3. The number of nitrogens with two attached hydrogens (primary N) is 1. The summed E-state index contributed by atoms with van der Waals surface area (Å²) in [6.45, 7) is -6.86. The van der Waals surface area contributed by atoms with E-state index in [1.54, 1.807) is 22.4 Å². The minimum absolute atomic E-state index is 0.106. The Labute approximate surface area is 275 Å². The molecule has 1 saturated carbocycles. The topological polar surface area (TPSA) is 249 Å². The number of hydrogen-bond acceptors (Lipinski definition) is 14. The van der Waals surface area contributed by atoms with Crippen molar-refractivity contribution >= 4 is 72.0 Å². The molecule has 5 N–H and O–H groups in total. The van der Waals surface area contributed by atoms with Gasteiger partial charge in [0.1, 0.15) is 29.8 Å². The number of H-pyrrole nitrogens is 1. The van der Waals surface area contributed by atoms with Gasteiger partial charge >= 0.3 is 13.6 Å². The van der Waals surface area contributed by atoms with Gasteiger partial charge in [0.15, 0.2) is 17.0 Å². The Morgan fingerprint density at radius 3 is 2.60 bits per heavy atom. The molecule has 5 aromatic rings. The molecule has 5 aromatic heterocycles. The minimum atomic E-state index is -4.05. The fraction of sp³-hybridized carbons (Fsp3) is 0.500. The van der Waals surface area contributed by atoms with Gasteiger partial charge < -0.3 is 39.1 Å². The molecule has 47 heavy (non-hydrogen) atoms. The number of imidazole rings is 3. The summed E-state index contributed by atoms with van der Waals surface area (Å²) in [6, 6.07) is -0.268. The number of rotatable bonds is 11. The molecule has 1 aliphatic carbocycles. The molecule has 2 fully saturated rings. The zero-order valence-electron chi connectivity index (χ0n) is 24.5. The number of aliphatic hydroxyl groups excluding tert-OH is 1. The number of anilines is 1. The summed E-state index contributed by atoms with van der Waals surface area (Å²) >= 11 is 7.73. The third-order valence-electron chi connectivity index (χ3n) is 8.72. The fourth-order valence-corrected chi connectivity index (χ4v) is 7.95. The summed E-state index contributed by atoms with van der Waals surface area (Å²) in [6.07, 6.45) is 5.11. The average molecular weight is 729 g/mol. The Balaban J connectivity index is 1.03. The Morgan fingerprint density at radius 1 is 1.06 bits per heavy atom. The highest BCUT2D eigenvalue weighted by Crippen LogP contribution is 2.57. The third kappa shape index (κ3) is 6.14. The largest absolute Gasteiger partial charge is 0.390 e. The summed E-state index contributed by atoms with van der Waals surface area (Å²) < 4.78 is 52.1. The minimum Gasteiger partial charge on any atom is -0.390 e. The lowest BCUT2D eigenvalue weighted by Crippen LogP contribution is -2.43. The zero-order chi connectivity index (χ0) is 33.2. The van der Waals surface area contributed by atoms with Gasteiger partial charge in [0.25, 0.3) is 5.56 Å². The highest BCUT2D eigenvalue weighted by Gasteiger charge is 2.46. The van der Waals surface area contributed by atoms with Crippen molar-refractivity contribution in [2.45, 2.75) is 37.8 Å². The number of nitrogen functional groups attached to an aromatic ring is 1. The van der Waals surface area contributed by atoms with E-state index in [0.29, 0.717) is 29.0 Å². The molecular weight excluding hydrogens is 698 g/mol.